The normalized spacial score (nSPS) is 22.8. The second-order valence-electron chi connectivity index (χ2n) is 2.33. The van der Waals surface area contributed by atoms with Crippen molar-refractivity contribution in [3.05, 3.63) is 0 Å². The smallest absolute Gasteiger partial charge is 0.289 e. The quantitative estimate of drug-likeness (QED) is 0.561. The molecule has 1 aliphatic rings. The Hall–Kier alpha value is -0.0600. The lowest BCUT2D eigenvalue weighted by Gasteiger charge is -2.26. The van der Waals surface area contributed by atoms with Crippen LogP contribution in [-0.4, -0.2) is 47.8 Å². The molecular formula is C4H9N2O5S2-. The Balaban J connectivity index is 2.62. The van der Waals surface area contributed by atoms with Crippen molar-refractivity contribution in [1.29, 1.82) is 0 Å². The first-order chi connectivity index (χ1) is 6.02. The summed E-state index contributed by atoms with van der Waals surface area (Å²) in [7, 11) is -3.89. The maximum atomic E-state index is 11.2. The number of hydrogen-bond acceptors (Lipinski definition) is 5. The van der Waals surface area contributed by atoms with Gasteiger partial charge in [0.25, 0.3) is 10.2 Å². The van der Waals surface area contributed by atoms with E-state index in [1.54, 1.807) is 0 Å². The molecule has 0 aromatic rings. The highest BCUT2D eigenvalue weighted by Gasteiger charge is 2.23. The minimum Gasteiger partial charge on any atom is -0.759 e. The van der Waals surface area contributed by atoms with Gasteiger partial charge in [-0.2, -0.15) is 12.7 Å². The molecule has 1 fully saturated rings. The van der Waals surface area contributed by atoms with Gasteiger partial charge in [0.2, 0.25) is 0 Å². The molecule has 1 aliphatic heterocycles. The molecule has 0 aromatic carbocycles. The summed E-state index contributed by atoms with van der Waals surface area (Å²) in [5.41, 5.74) is 0. The Morgan fingerprint density at radius 2 is 1.92 bits per heavy atom. The first-order valence-electron chi connectivity index (χ1n) is 3.47. The van der Waals surface area contributed by atoms with E-state index in [1.807, 2.05) is 0 Å². The SMILES string of the molecule is O=S([O-])NS(=O)(=O)N1CCOCC1. The van der Waals surface area contributed by atoms with Gasteiger partial charge in [-0.15, -0.1) is 4.13 Å². The average Bonchev–Trinajstić information content (AvgIpc) is 2.04. The molecule has 1 heterocycles. The minimum absolute atomic E-state index is 0.173. The van der Waals surface area contributed by atoms with Gasteiger partial charge < -0.3 is 9.29 Å². The highest BCUT2D eigenvalue weighted by atomic mass is 32.3. The molecule has 1 N–H and O–H groups in total. The topological polar surface area (TPSA) is 98.8 Å². The number of ether oxygens (including phenoxy) is 1. The average molecular weight is 229 g/mol. The van der Waals surface area contributed by atoms with Gasteiger partial charge in [-0.3, -0.25) is 4.21 Å². The maximum Gasteiger partial charge on any atom is 0.289 e. The summed E-state index contributed by atoms with van der Waals surface area (Å²) in [6, 6.07) is 0. The van der Waals surface area contributed by atoms with Crippen molar-refractivity contribution in [3.8, 4) is 0 Å². The Bertz CT molecular complexity index is 283. The maximum absolute atomic E-state index is 11.2. The van der Waals surface area contributed by atoms with Crippen molar-refractivity contribution >= 4 is 21.5 Å². The predicted molar refractivity (Wildman–Crippen MR) is 43.4 cm³/mol. The van der Waals surface area contributed by atoms with Crippen LogP contribution in [0.25, 0.3) is 0 Å². The standard InChI is InChI=1S/C4H10N2O5S2/c7-12(8)5-13(9,10)6-1-3-11-4-2-6/h5H,1-4H2,(H,7,8)/p-1. The number of nitrogens with zero attached hydrogens (tertiary/aromatic N) is 1. The first kappa shape index (κ1) is 11.0. The summed E-state index contributed by atoms with van der Waals surface area (Å²) in [6.45, 7) is 0.915. The molecule has 1 atom stereocenters. The van der Waals surface area contributed by atoms with Crippen molar-refractivity contribution in [2.45, 2.75) is 0 Å². The Morgan fingerprint density at radius 1 is 1.38 bits per heavy atom. The van der Waals surface area contributed by atoms with Crippen LogP contribution in [0.4, 0.5) is 0 Å². The van der Waals surface area contributed by atoms with Gasteiger partial charge in [0.05, 0.1) is 13.2 Å². The van der Waals surface area contributed by atoms with Crippen molar-refractivity contribution in [2.75, 3.05) is 26.3 Å². The number of nitrogens with one attached hydrogen (secondary N) is 1. The van der Waals surface area contributed by atoms with Crippen LogP contribution < -0.4 is 4.13 Å². The summed E-state index contributed by atoms with van der Waals surface area (Å²) in [5, 5.41) is 0. The number of rotatable bonds is 3. The van der Waals surface area contributed by atoms with Gasteiger partial charge in [-0.1, -0.05) is 0 Å². The van der Waals surface area contributed by atoms with Gasteiger partial charge in [0, 0.05) is 24.4 Å². The number of morpholine rings is 1. The molecule has 1 saturated heterocycles. The van der Waals surface area contributed by atoms with Crippen LogP contribution in [0, 0.1) is 0 Å². The molecule has 7 nitrogen and oxygen atoms in total. The minimum atomic E-state index is -3.89. The summed E-state index contributed by atoms with van der Waals surface area (Å²) in [6.07, 6.45) is 0. The van der Waals surface area contributed by atoms with E-state index in [2.05, 4.69) is 0 Å². The fraction of sp³-hybridized carbons (Fsp3) is 1.00. The van der Waals surface area contributed by atoms with Crippen molar-refractivity contribution < 1.29 is 21.9 Å². The van der Waals surface area contributed by atoms with Crippen molar-refractivity contribution in [3.63, 3.8) is 0 Å². The van der Waals surface area contributed by atoms with Gasteiger partial charge in [0.1, 0.15) is 0 Å². The van der Waals surface area contributed by atoms with Crippen LogP contribution in [-0.2, 0) is 26.2 Å². The van der Waals surface area contributed by atoms with Crippen molar-refractivity contribution in [1.82, 2.24) is 8.43 Å². The van der Waals surface area contributed by atoms with E-state index in [4.69, 9.17) is 4.74 Å². The van der Waals surface area contributed by atoms with E-state index in [1.165, 1.54) is 4.13 Å². The summed E-state index contributed by atoms with van der Waals surface area (Å²) in [5.74, 6) is 0. The van der Waals surface area contributed by atoms with E-state index in [0.717, 1.165) is 4.31 Å². The second-order valence-corrected chi connectivity index (χ2v) is 4.94. The summed E-state index contributed by atoms with van der Waals surface area (Å²) in [4.78, 5) is 0. The molecule has 0 radical (unpaired) electrons. The lowest BCUT2D eigenvalue weighted by atomic mass is 10.5. The Morgan fingerprint density at radius 3 is 2.38 bits per heavy atom. The lowest BCUT2D eigenvalue weighted by Crippen LogP contribution is -2.46. The summed E-state index contributed by atoms with van der Waals surface area (Å²) >= 11 is -2.81. The third-order valence-electron chi connectivity index (χ3n) is 1.48. The highest BCUT2D eigenvalue weighted by Crippen LogP contribution is 2.02. The Labute approximate surface area is 78.7 Å². The zero-order valence-corrected chi connectivity index (χ0v) is 8.27. The molecule has 0 spiro atoms. The fourth-order valence-corrected chi connectivity index (χ4v) is 2.66. The van der Waals surface area contributed by atoms with Gasteiger partial charge in [-0.05, 0) is 0 Å². The van der Waals surface area contributed by atoms with Crippen LogP contribution in [0.5, 0.6) is 0 Å². The van der Waals surface area contributed by atoms with E-state index < -0.39 is 21.5 Å². The van der Waals surface area contributed by atoms with Crippen LogP contribution in [0.1, 0.15) is 0 Å². The van der Waals surface area contributed by atoms with E-state index in [-0.39, 0.29) is 26.3 Å². The molecule has 0 aromatic heterocycles. The molecular weight excluding hydrogens is 220 g/mol. The number of hydrogen-bond donors (Lipinski definition) is 1. The van der Waals surface area contributed by atoms with Crippen LogP contribution >= 0.6 is 0 Å². The third-order valence-corrected chi connectivity index (χ3v) is 3.92. The van der Waals surface area contributed by atoms with Gasteiger partial charge >= 0.3 is 0 Å². The van der Waals surface area contributed by atoms with E-state index in [9.17, 15) is 17.2 Å². The second kappa shape index (κ2) is 4.44. The zero-order valence-electron chi connectivity index (χ0n) is 6.63. The lowest BCUT2D eigenvalue weighted by molar-refractivity contribution is 0.0728. The highest BCUT2D eigenvalue weighted by molar-refractivity contribution is 7.98. The molecule has 9 heteroatoms. The van der Waals surface area contributed by atoms with Crippen LogP contribution in [0.3, 0.4) is 0 Å². The molecule has 0 saturated carbocycles. The fourth-order valence-electron chi connectivity index (χ4n) is 0.926. The third kappa shape index (κ3) is 3.29. The summed E-state index contributed by atoms with van der Waals surface area (Å²) < 4.78 is 49.9. The zero-order chi connectivity index (χ0) is 9.90. The molecule has 0 bridgehead atoms. The van der Waals surface area contributed by atoms with E-state index in [0.29, 0.717) is 0 Å². The predicted octanol–water partition coefficient (Wildman–Crippen LogP) is -2.05. The van der Waals surface area contributed by atoms with Crippen LogP contribution in [0.2, 0.25) is 0 Å². The molecule has 0 aliphatic carbocycles. The van der Waals surface area contributed by atoms with E-state index >= 15 is 0 Å². The molecule has 0 amide bonds. The molecule has 13 heavy (non-hydrogen) atoms. The van der Waals surface area contributed by atoms with Gasteiger partial charge in [-0.25, -0.2) is 0 Å². The largest absolute Gasteiger partial charge is 0.759 e. The van der Waals surface area contributed by atoms with Crippen LogP contribution in [0.15, 0.2) is 0 Å². The van der Waals surface area contributed by atoms with Crippen molar-refractivity contribution in [2.24, 2.45) is 0 Å². The Kier molecular flexibility index (Phi) is 3.76. The first-order valence-corrected chi connectivity index (χ1v) is 5.98. The molecule has 78 valence electrons. The monoisotopic (exact) mass is 229 g/mol. The molecule has 1 unspecified atom stereocenters. The van der Waals surface area contributed by atoms with Gasteiger partial charge in [0.15, 0.2) is 0 Å². The molecule has 1 rings (SSSR count).